The van der Waals surface area contributed by atoms with Crippen LogP contribution in [0, 0.1) is 0 Å². The molecule has 3 nitrogen and oxygen atoms in total. The van der Waals surface area contributed by atoms with Crippen molar-refractivity contribution in [2.75, 3.05) is 11.1 Å². The number of nitrogens with one attached hydrogen (secondary N) is 1. The molecule has 0 saturated heterocycles. The number of carbonyl (C=O) groups is 1. The summed E-state index contributed by atoms with van der Waals surface area (Å²) in [4.78, 5) is 12.7. The van der Waals surface area contributed by atoms with Crippen LogP contribution in [0.25, 0.3) is 0 Å². The predicted molar refractivity (Wildman–Crippen MR) is 80.3 cm³/mol. The number of ether oxygens (including phenoxy) is 1. The first-order chi connectivity index (χ1) is 10.1. The van der Waals surface area contributed by atoms with E-state index >= 15 is 0 Å². The Morgan fingerprint density at radius 2 is 2.19 bits per heavy atom. The van der Waals surface area contributed by atoms with Crippen molar-refractivity contribution >= 4 is 34.7 Å². The summed E-state index contributed by atoms with van der Waals surface area (Å²) in [6.07, 6.45) is 0. The summed E-state index contributed by atoms with van der Waals surface area (Å²) in [5, 5.41) is 4.69. The standard InChI is InChI=1S/C14H11F2NO2S2/c15-14(16)19-9-3-1-2-8(6-9)12-13-10(4-5-20-13)17-11(18)7-21-12/h1-6,12,14H,7H2,(H,17,18). The third-order valence-corrected chi connectivity index (χ3v) is 5.38. The van der Waals surface area contributed by atoms with Crippen LogP contribution in [0.4, 0.5) is 14.5 Å². The van der Waals surface area contributed by atoms with Crippen molar-refractivity contribution in [3.8, 4) is 5.75 Å². The molecule has 3 rings (SSSR count). The van der Waals surface area contributed by atoms with Crippen LogP contribution in [0.2, 0.25) is 0 Å². The molecular formula is C14H11F2NO2S2. The number of halogens is 2. The maximum absolute atomic E-state index is 12.3. The van der Waals surface area contributed by atoms with Gasteiger partial charge in [0.1, 0.15) is 5.75 Å². The minimum Gasteiger partial charge on any atom is -0.435 e. The first-order valence-electron chi connectivity index (χ1n) is 6.17. The molecule has 2 aromatic rings. The van der Waals surface area contributed by atoms with E-state index in [1.807, 2.05) is 17.5 Å². The highest BCUT2D eigenvalue weighted by Gasteiger charge is 2.25. The van der Waals surface area contributed by atoms with Crippen LogP contribution in [0.1, 0.15) is 15.7 Å². The molecule has 0 fully saturated rings. The quantitative estimate of drug-likeness (QED) is 0.921. The van der Waals surface area contributed by atoms with Crippen molar-refractivity contribution in [2.24, 2.45) is 0 Å². The maximum atomic E-state index is 12.3. The third-order valence-electron chi connectivity index (χ3n) is 2.97. The van der Waals surface area contributed by atoms with Gasteiger partial charge in [-0.2, -0.15) is 8.78 Å². The number of hydrogen-bond donors (Lipinski definition) is 1. The number of hydrogen-bond acceptors (Lipinski definition) is 4. The molecule has 1 aromatic carbocycles. The molecule has 2 heterocycles. The topological polar surface area (TPSA) is 38.3 Å². The lowest BCUT2D eigenvalue weighted by atomic mass is 10.1. The van der Waals surface area contributed by atoms with Gasteiger partial charge in [-0.05, 0) is 29.1 Å². The zero-order chi connectivity index (χ0) is 14.8. The summed E-state index contributed by atoms with van der Waals surface area (Å²) >= 11 is 3.01. The number of rotatable bonds is 3. The SMILES string of the molecule is O=C1CSC(c2cccc(OC(F)F)c2)c2sccc2N1. The Labute approximate surface area is 128 Å². The zero-order valence-corrected chi connectivity index (χ0v) is 12.3. The second-order valence-electron chi connectivity index (χ2n) is 4.39. The molecule has 0 saturated carbocycles. The van der Waals surface area contributed by atoms with E-state index in [1.165, 1.54) is 29.2 Å². The van der Waals surface area contributed by atoms with Gasteiger partial charge < -0.3 is 10.1 Å². The summed E-state index contributed by atoms with van der Waals surface area (Å²) in [5.74, 6) is 0.401. The van der Waals surface area contributed by atoms with Crippen LogP contribution in [0.15, 0.2) is 35.7 Å². The van der Waals surface area contributed by atoms with E-state index in [1.54, 1.807) is 12.1 Å². The Hall–Kier alpha value is -1.60. The lowest BCUT2D eigenvalue weighted by Crippen LogP contribution is -2.11. The van der Waals surface area contributed by atoms with Crippen LogP contribution >= 0.6 is 23.1 Å². The molecule has 0 radical (unpaired) electrons. The van der Waals surface area contributed by atoms with E-state index in [-0.39, 0.29) is 16.9 Å². The van der Waals surface area contributed by atoms with E-state index in [2.05, 4.69) is 10.1 Å². The molecule has 110 valence electrons. The van der Waals surface area contributed by atoms with Gasteiger partial charge in [-0.15, -0.1) is 23.1 Å². The summed E-state index contributed by atoms with van der Waals surface area (Å²) in [6.45, 7) is -2.84. The fraction of sp³-hybridized carbons (Fsp3) is 0.214. The molecule has 1 N–H and O–H groups in total. The van der Waals surface area contributed by atoms with Gasteiger partial charge in [-0.3, -0.25) is 4.79 Å². The maximum Gasteiger partial charge on any atom is 0.387 e. The molecule has 1 unspecified atom stereocenters. The van der Waals surface area contributed by atoms with E-state index < -0.39 is 6.61 Å². The first-order valence-corrected chi connectivity index (χ1v) is 8.10. The van der Waals surface area contributed by atoms with Gasteiger partial charge in [0.15, 0.2) is 0 Å². The molecule has 0 bridgehead atoms. The molecule has 1 amide bonds. The van der Waals surface area contributed by atoms with E-state index in [0.29, 0.717) is 5.75 Å². The Morgan fingerprint density at radius 3 is 3.00 bits per heavy atom. The van der Waals surface area contributed by atoms with Gasteiger partial charge in [0, 0.05) is 4.88 Å². The lowest BCUT2D eigenvalue weighted by Gasteiger charge is -2.15. The van der Waals surface area contributed by atoms with Crippen molar-refractivity contribution in [1.82, 2.24) is 0 Å². The van der Waals surface area contributed by atoms with Gasteiger partial charge in [0.05, 0.1) is 16.7 Å². The zero-order valence-electron chi connectivity index (χ0n) is 10.7. The highest BCUT2D eigenvalue weighted by molar-refractivity contribution is 8.00. The molecule has 0 aliphatic carbocycles. The van der Waals surface area contributed by atoms with Crippen LogP contribution < -0.4 is 10.1 Å². The fourth-order valence-electron chi connectivity index (χ4n) is 2.15. The Balaban J connectivity index is 1.95. The average Bonchev–Trinajstić information content (AvgIpc) is 2.81. The largest absolute Gasteiger partial charge is 0.435 e. The molecule has 1 aliphatic rings. The van der Waals surface area contributed by atoms with Crippen LogP contribution in [0.3, 0.4) is 0 Å². The molecule has 1 atom stereocenters. The molecule has 1 aromatic heterocycles. The number of thioether (sulfide) groups is 1. The summed E-state index contributed by atoms with van der Waals surface area (Å²) in [6, 6.07) is 8.49. The number of fused-ring (bicyclic) bond motifs is 1. The van der Waals surface area contributed by atoms with Gasteiger partial charge in [0.25, 0.3) is 0 Å². The highest BCUT2D eigenvalue weighted by atomic mass is 32.2. The lowest BCUT2D eigenvalue weighted by molar-refractivity contribution is -0.113. The number of anilines is 1. The molecule has 0 spiro atoms. The third kappa shape index (κ3) is 3.19. The predicted octanol–water partition coefficient (Wildman–Crippen LogP) is 4.12. The van der Waals surface area contributed by atoms with Crippen molar-refractivity contribution in [1.29, 1.82) is 0 Å². The number of thiophene rings is 1. The van der Waals surface area contributed by atoms with E-state index in [0.717, 1.165) is 16.1 Å². The summed E-state index contributed by atoms with van der Waals surface area (Å²) in [5.41, 5.74) is 1.64. The molecular weight excluding hydrogens is 316 g/mol. The minimum absolute atomic E-state index is 0.0536. The van der Waals surface area contributed by atoms with E-state index in [9.17, 15) is 13.6 Å². The highest BCUT2D eigenvalue weighted by Crippen LogP contribution is 2.44. The van der Waals surface area contributed by atoms with Crippen LogP contribution in [-0.4, -0.2) is 18.3 Å². The smallest absolute Gasteiger partial charge is 0.387 e. The number of alkyl halides is 2. The second-order valence-corrected chi connectivity index (χ2v) is 6.43. The van der Waals surface area contributed by atoms with Gasteiger partial charge in [0.2, 0.25) is 5.91 Å². The van der Waals surface area contributed by atoms with Crippen molar-refractivity contribution in [2.45, 2.75) is 11.9 Å². The number of amides is 1. The molecule has 1 aliphatic heterocycles. The normalized spacial score (nSPS) is 18.0. The van der Waals surface area contributed by atoms with Crippen molar-refractivity contribution in [3.05, 3.63) is 46.2 Å². The minimum atomic E-state index is -2.84. The average molecular weight is 327 g/mol. The summed E-state index contributed by atoms with van der Waals surface area (Å²) in [7, 11) is 0. The van der Waals surface area contributed by atoms with Crippen LogP contribution in [0.5, 0.6) is 5.75 Å². The molecule has 7 heteroatoms. The van der Waals surface area contributed by atoms with Gasteiger partial charge >= 0.3 is 6.61 Å². The number of carbonyl (C=O) groups excluding carboxylic acids is 1. The van der Waals surface area contributed by atoms with Gasteiger partial charge in [-0.25, -0.2) is 0 Å². The van der Waals surface area contributed by atoms with Crippen molar-refractivity contribution < 1.29 is 18.3 Å². The Kier molecular flexibility index (Phi) is 4.12. The Morgan fingerprint density at radius 1 is 1.33 bits per heavy atom. The van der Waals surface area contributed by atoms with Crippen molar-refractivity contribution in [3.63, 3.8) is 0 Å². The summed E-state index contributed by atoms with van der Waals surface area (Å²) < 4.78 is 29.1. The Bertz CT molecular complexity index is 660. The van der Waals surface area contributed by atoms with Gasteiger partial charge in [-0.1, -0.05) is 12.1 Å². The van der Waals surface area contributed by atoms with Crippen LogP contribution in [-0.2, 0) is 4.79 Å². The van der Waals surface area contributed by atoms with E-state index in [4.69, 9.17) is 0 Å². The monoisotopic (exact) mass is 327 g/mol. The molecule has 21 heavy (non-hydrogen) atoms. The second kappa shape index (κ2) is 6.03. The number of benzene rings is 1. The first kappa shape index (κ1) is 14.3. The fourth-order valence-corrected chi connectivity index (χ4v) is 4.38.